The molecule has 2 fully saturated rings. The van der Waals surface area contributed by atoms with E-state index in [1.165, 1.54) is 12.8 Å². The zero-order valence-electron chi connectivity index (χ0n) is 13.6. The number of nitrogens with one attached hydrogen (secondary N) is 1. The molecule has 0 spiro atoms. The van der Waals surface area contributed by atoms with Crippen LogP contribution in [0.4, 0.5) is 0 Å². The molecule has 2 aliphatic rings. The summed E-state index contributed by atoms with van der Waals surface area (Å²) < 4.78 is 5.65. The van der Waals surface area contributed by atoms with Crippen molar-refractivity contribution in [1.82, 2.24) is 10.2 Å². The largest absolute Gasteiger partial charge is 0.377 e. The molecule has 1 saturated carbocycles. The van der Waals surface area contributed by atoms with Crippen LogP contribution < -0.4 is 5.32 Å². The van der Waals surface area contributed by atoms with E-state index in [-0.39, 0.29) is 5.60 Å². The molecule has 3 nitrogen and oxygen atoms in total. The highest BCUT2D eigenvalue weighted by Gasteiger charge is 2.47. The summed E-state index contributed by atoms with van der Waals surface area (Å²) in [5.41, 5.74) is 0.254. The van der Waals surface area contributed by atoms with Gasteiger partial charge in [-0.15, -0.1) is 0 Å². The number of ether oxygens (including phenoxy) is 1. The third kappa shape index (κ3) is 3.50. The summed E-state index contributed by atoms with van der Waals surface area (Å²) in [7, 11) is 1.83. The molecule has 19 heavy (non-hydrogen) atoms. The van der Waals surface area contributed by atoms with Crippen LogP contribution in [0.3, 0.4) is 0 Å². The molecule has 0 aromatic rings. The molecule has 0 radical (unpaired) electrons. The molecule has 0 aromatic heterocycles. The molecule has 0 aromatic carbocycles. The first-order valence-corrected chi connectivity index (χ1v) is 7.82. The first-order chi connectivity index (χ1) is 8.77. The second-order valence-corrected chi connectivity index (χ2v) is 7.75. The van der Waals surface area contributed by atoms with Gasteiger partial charge < -0.3 is 10.1 Å². The molecule has 1 aliphatic carbocycles. The van der Waals surface area contributed by atoms with Crippen LogP contribution in [-0.2, 0) is 4.74 Å². The lowest BCUT2D eigenvalue weighted by Crippen LogP contribution is -2.66. The Labute approximate surface area is 119 Å². The maximum absolute atomic E-state index is 5.65. The van der Waals surface area contributed by atoms with Crippen LogP contribution in [0.1, 0.15) is 47.5 Å². The van der Waals surface area contributed by atoms with Gasteiger partial charge in [-0.1, -0.05) is 13.8 Å². The van der Waals surface area contributed by atoms with Gasteiger partial charge in [-0.05, 0) is 45.4 Å². The number of piperazine rings is 1. The molecular weight excluding hydrogens is 236 g/mol. The molecule has 0 bridgehead atoms. The van der Waals surface area contributed by atoms with Crippen LogP contribution in [0.25, 0.3) is 0 Å². The fourth-order valence-electron chi connectivity index (χ4n) is 3.44. The molecule has 0 amide bonds. The second kappa shape index (κ2) is 5.34. The van der Waals surface area contributed by atoms with Crippen LogP contribution in [0, 0.1) is 11.8 Å². The van der Waals surface area contributed by atoms with E-state index in [0.29, 0.717) is 17.5 Å². The van der Waals surface area contributed by atoms with Gasteiger partial charge in [0.05, 0.1) is 5.60 Å². The third-order valence-corrected chi connectivity index (χ3v) is 5.10. The van der Waals surface area contributed by atoms with Crippen molar-refractivity contribution >= 4 is 0 Å². The zero-order valence-corrected chi connectivity index (χ0v) is 13.6. The molecule has 2 atom stereocenters. The zero-order chi connectivity index (χ0) is 14.3. The monoisotopic (exact) mass is 268 g/mol. The van der Waals surface area contributed by atoms with Crippen molar-refractivity contribution < 1.29 is 4.74 Å². The number of hydrogen-bond donors (Lipinski definition) is 1. The van der Waals surface area contributed by atoms with E-state index in [9.17, 15) is 0 Å². The van der Waals surface area contributed by atoms with Crippen LogP contribution in [0.5, 0.6) is 0 Å². The van der Waals surface area contributed by atoms with Crippen LogP contribution in [0.2, 0.25) is 0 Å². The van der Waals surface area contributed by atoms with Gasteiger partial charge in [0.25, 0.3) is 0 Å². The highest BCUT2D eigenvalue weighted by molar-refractivity contribution is 5.05. The molecule has 112 valence electrons. The van der Waals surface area contributed by atoms with Crippen molar-refractivity contribution in [1.29, 1.82) is 0 Å². The van der Waals surface area contributed by atoms with Gasteiger partial charge in [0, 0.05) is 38.3 Å². The summed E-state index contributed by atoms with van der Waals surface area (Å²) in [6.07, 6.45) is 2.80. The molecule has 1 aliphatic heterocycles. The van der Waals surface area contributed by atoms with Crippen LogP contribution >= 0.6 is 0 Å². The first-order valence-electron chi connectivity index (χ1n) is 7.82. The van der Waals surface area contributed by atoms with E-state index in [2.05, 4.69) is 44.8 Å². The molecule has 3 heteroatoms. The van der Waals surface area contributed by atoms with Gasteiger partial charge >= 0.3 is 0 Å². The van der Waals surface area contributed by atoms with Crippen molar-refractivity contribution in [3.63, 3.8) is 0 Å². The van der Waals surface area contributed by atoms with E-state index >= 15 is 0 Å². The molecule has 1 heterocycles. The van der Waals surface area contributed by atoms with Crippen molar-refractivity contribution in [3.05, 3.63) is 0 Å². The van der Waals surface area contributed by atoms with Crippen molar-refractivity contribution in [2.75, 3.05) is 26.7 Å². The summed E-state index contributed by atoms with van der Waals surface area (Å²) in [5, 5.41) is 3.84. The summed E-state index contributed by atoms with van der Waals surface area (Å²) in [5.74, 6) is 1.57. The standard InChI is InChI=1S/C16H32N2O/c1-12(2)14-9-17-16(5,13-7-8-13)11-18(14)10-15(3,4)19-6/h12-14,17H,7-11H2,1-6H3. The third-order valence-electron chi connectivity index (χ3n) is 5.10. The molecule has 1 N–H and O–H groups in total. The minimum Gasteiger partial charge on any atom is -0.377 e. The van der Waals surface area contributed by atoms with Gasteiger partial charge in [-0.25, -0.2) is 0 Å². The average Bonchev–Trinajstić information content (AvgIpc) is 3.12. The Morgan fingerprint density at radius 2 is 2.00 bits per heavy atom. The first kappa shape index (κ1) is 15.3. The fraction of sp³-hybridized carbons (Fsp3) is 1.00. The van der Waals surface area contributed by atoms with Gasteiger partial charge in [0.1, 0.15) is 0 Å². The van der Waals surface area contributed by atoms with Gasteiger partial charge in [0.15, 0.2) is 0 Å². The van der Waals surface area contributed by atoms with Crippen molar-refractivity contribution in [2.45, 2.75) is 64.6 Å². The highest BCUT2D eigenvalue weighted by atomic mass is 16.5. The predicted octanol–water partition coefficient (Wildman–Crippen LogP) is 2.51. The Morgan fingerprint density at radius 3 is 2.47 bits per heavy atom. The lowest BCUT2D eigenvalue weighted by atomic mass is 9.87. The van der Waals surface area contributed by atoms with Crippen LogP contribution in [-0.4, -0.2) is 48.8 Å². The molecular formula is C16H32N2O. The summed E-state index contributed by atoms with van der Waals surface area (Å²) >= 11 is 0. The van der Waals surface area contributed by atoms with Gasteiger partial charge in [-0.3, -0.25) is 4.90 Å². The molecule has 2 unspecified atom stereocenters. The Hall–Kier alpha value is -0.120. The van der Waals surface area contributed by atoms with E-state index in [0.717, 1.165) is 25.6 Å². The Morgan fingerprint density at radius 1 is 1.37 bits per heavy atom. The minimum absolute atomic E-state index is 0.0606. The maximum Gasteiger partial charge on any atom is 0.0749 e. The smallest absolute Gasteiger partial charge is 0.0749 e. The number of nitrogens with zero attached hydrogens (tertiary/aromatic N) is 1. The molecule has 1 saturated heterocycles. The Balaban J connectivity index is 2.08. The van der Waals surface area contributed by atoms with Gasteiger partial charge in [-0.2, -0.15) is 0 Å². The SMILES string of the molecule is COC(C)(C)CN1CC(C)(C2CC2)NCC1C(C)C. The lowest BCUT2D eigenvalue weighted by molar-refractivity contribution is -0.0445. The Bertz CT molecular complexity index is 312. The van der Waals surface area contributed by atoms with E-state index in [1.807, 2.05) is 7.11 Å². The fourth-order valence-corrected chi connectivity index (χ4v) is 3.44. The van der Waals surface area contributed by atoms with Gasteiger partial charge in [0.2, 0.25) is 0 Å². The van der Waals surface area contributed by atoms with Crippen molar-refractivity contribution in [2.24, 2.45) is 11.8 Å². The van der Waals surface area contributed by atoms with E-state index < -0.39 is 0 Å². The maximum atomic E-state index is 5.65. The second-order valence-electron chi connectivity index (χ2n) is 7.75. The van der Waals surface area contributed by atoms with E-state index in [4.69, 9.17) is 4.74 Å². The quantitative estimate of drug-likeness (QED) is 0.829. The summed E-state index contributed by atoms with van der Waals surface area (Å²) in [6.45, 7) is 14.8. The molecule has 2 rings (SSSR count). The normalized spacial score (nSPS) is 33.9. The Kier molecular flexibility index (Phi) is 4.29. The average molecular weight is 268 g/mol. The summed E-state index contributed by atoms with van der Waals surface area (Å²) in [4.78, 5) is 2.67. The number of methoxy groups -OCH3 is 1. The predicted molar refractivity (Wildman–Crippen MR) is 80.4 cm³/mol. The summed E-state index contributed by atoms with van der Waals surface area (Å²) in [6, 6.07) is 0.626. The van der Waals surface area contributed by atoms with E-state index in [1.54, 1.807) is 0 Å². The topological polar surface area (TPSA) is 24.5 Å². The lowest BCUT2D eigenvalue weighted by Gasteiger charge is -2.50. The highest BCUT2D eigenvalue weighted by Crippen LogP contribution is 2.42. The number of rotatable bonds is 5. The van der Waals surface area contributed by atoms with Crippen molar-refractivity contribution in [3.8, 4) is 0 Å². The van der Waals surface area contributed by atoms with Crippen LogP contribution in [0.15, 0.2) is 0 Å². The number of hydrogen-bond acceptors (Lipinski definition) is 3. The minimum atomic E-state index is -0.0606.